The third-order valence-corrected chi connectivity index (χ3v) is 5.86. The molecule has 2 aromatic heterocycles. The Kier molecular flexibility index (Phi) is 6.39. The van der Waals surface area contributed by atoms with Crippen LogP contribution < -0.4 is 20.1 Å². The van der Waals surface area contributed by atoms with E-state index in [2.05, 4.69) is 20.8 Å². The Morgan fingerprint density at radius 2 is 1.87 bits per heavy atom. The van der Waals surface area contributed by atoms with E-state index in [-0.39, 0.29) is 0 Å². The maximum atomic E-state index is 5.38. The fourth-order valence-electron chi connectivity index (χ4n) is 3.40. The summed E-state index contributed by atoms with van der Waals surface area (Å²) in [4.78, 5) is 9.56. The van der Waals surface area contributed by atoms with Gasteiger partial charge >= 0.3 is 0 Å². The Labute approximate surface area is 180 Å². The summed E-state index contributed by atoms with van der Waals surface area (Å²) in [5.74, 6) is 4.15. The number of methoxy groups -OCH3 is 2. The zero-order valence-corrected chi connectivity index (χ0v) is 18.2. The normalized spacial score (nSPS) is 15.9. The van der Waals surface area contributed by atoms with Crippen molar-refractivity contribution in [3.05, 3.63) is 47.3 Å². The molecule has 1 aliphatic rings. The first kappa shape index (κ1) is 20.5. The van der Waals surface area contributed by atoms with E-state index < -0.39 is 0 Å². The zero-order valence-electron chi connectivity index (χ0n) is 17.4. The number of anilines is 2. The van der Waals surface area contributed by atoms with Crippen LogP contribution in [0.2, 0.25) is 0 Å². The average molecular weight is 427 g/mol. The molecule has 1 fully saturated rings. The number of ether oxygens (including phenoxy) is 2. The summed E-state index contributed by atoms with van der Waals surface area (Å²) in [5, 5.41) is 14.6. The van der Waals surface area contributed by atoms with Gasteiger partial charge in [-0.3, -0.25) is 5.10 Å². The Morgan fingerprint density at radius 3 is 2.50 bits per heavy atom. The van der Waals surface area contributed by atoms with Crippen molar-refractivity contribution in [1.82, 2.24) is 25.5 Å². The molecule has 158 valence electrons. The third-order valence-electron chi connectivity index (χ3n) is 4.95. The summed E-state index contributed by atoms with van der Waals surface area (Å²) in [6.07, 6.45) is 1.08. The number of aryl methyl sites for hydroxylation is 1. The largest absolute Gasteiger partial charge is 0.497 e. The van der Waals surface area contributed by atoms with Crippen molar-refractivity contribution in [2.24, 2.45) is 0 Å². The van der Waals surface area contributed by atoms with Crippen LogP contribution in [0, 0.1) is 6.92 Å². The minimum Gasteiger partial charge on any atom is -0.497 e. The van der Waals surface area contributed by atoms with Gasteiger partial charge in [-0.15, -0.1) is 0 Å². The molecule has 0 spiro atoms. The minimum atomic E-state index is 0.394. The smallest absolute Gasteiger partial charge is 0.190 e. The summed E-state index contributed by atoms with van der Waals surface area (Å²) >= 11 is 1.59. The lowest BCUT2D eigenvalue weighted by Gasteiger charge is -2.13. The monoisotopic (exact) mass is 426 g/mol. The SMILES string of the molecule is COc1cc(CSc2nc(Nc3cc(C)[nH]n3)cc(C3CCNC3)n2)cc(OC)c1. The zero-order chi connectivity index (χ0) is 20.9. The van der Waals surface area contributed by atoms with Crippen molar-refractivity contribution >= 4 is 23.4 Å². The molecule has 1 aromatic carbocycles. The van der Waals surface area contributed by atoms with Crippen molar-refractivity contribution in [2.45, 2.75) is 30.2 Å². The number of nitrogens with one attached hydrogen (secondary N) is 3. The molecule has 3 aromatic rings. The molecule has 0 bridgehead atoms. The topological polar surface area (TPSA) is 97.0 Å². The van der Waals surface area contributed by atoms with Gasteiger partial charge in [-0.05, 0) is 37.6 Å². The predicted octanol–water partition coefficient (Wildman–Crippen LogP) is 3.64. The number of hydrogen-bond acceptors (Lipinski definition) is 8. The van der Waals surface area contributed by atoms with Crippen LogP contribution in [0.15, 0.2) is 35.5 Å². The van der Waals surface area contributed by atoms with Gasteiger partial charge in [-0.1, -0.05) is 11.8 Å². The second-order valence-corrected chi connectivity index (χ2v) is 8.16. The van der Waals surface area contributed by atoms with Crippen molar-refractivity contribution in [3.8, 4) is 11.5 Å². The summed E-state index contributed by atoms with van der Waals surface area (Å²) < 4.78 is 10.8. The van der Waals surface area contributed by atoms with Crippen LogP contribution >= 0.6 is 11.8 Å². The van der Waals surface area contributed by atoms with Gasteiger partial charge in [0, 0.05) is 42.1 Å². The molecule has 0 radical (unpaired) electrons. The minimum absolute atomic E-state index is 0.394. The van der Waals surface area contributed by atoms with Crippen LogP contribution in [0.1, 0.15) is 29.3 Å². The quantitative estimate of drug-likeness (QED) is 0.371. The lowest BCUT2D eigenvalue weighted by atomic mass is 10.0. The van der Waals surface area contributed by atoms with Gasteiger partial charge in [0.15, 0.2) is 11.0 Å². The van der Waals surface area contributed by atoms with Crippen LogP contribution in [-0.2, 0) is 5.75 Å². The first-order chi connectivity index (χ1) is 14.6. The van der Waals surface area contributed by atoms with E-state index in [1.807, 2.05) is 37.3 Å². The number of benzene rings is 1. The summed E-state index contributed by atoms with van der Waals surface area (Å²) in [6, 6.07) is 9.86. The van der Waals surface area contributed by atoms with Gasteiger partial charge in [0.25, 0.3) is 0 Å². The van der Waals surface area contributed by atoms with Crippen molar-refractivity contribution < 1.29 is 9.47 Å². The molecule has 1 unspecified atom stereocenters. The van der Waals surface area contributed by atoms with E-state index in [0.717, 1.165) is 64.8 Å². The van der Waals surface area contributed by atoms with Crippen LogP contribution in [-0.4, -0.2) is 47.5 Å². The van der Waals surface area contributed by atoms with Crippen LogP contribution in [0.4, 0.5) is 11.6 Å². The summed E-state index contributed by atoms with van der Waals surface area (Å²) in [6.45, 7) is 3.93. The molecule has 3 N–H and O–H groups in total. The summed E-state index contributed by atoms with van der Waals surface area (Å²) in [5.41, 5.74) is 3.13. The average Bonchev–Trinajstić information content (AvgIpc) is 3.44. The Hall–Kier alpha value is -2.78. The molecule has 1 aliphatic heterocycles. The molecule has 0 saturated carbocycles. The first-order valence-corrected chi connectivity index (χ1v) is 10.8. The number of hydrogen-bond donors (Lipinski definition) is 3. The predicted molar refractivity (Wildman–Crippen MR) is 118 cm³/mol. The van der Waals surface area contributed by atoms with E-state index in [4.69, 9.17) is 19.4 Å². The Morgan fingerprint density at radius 1 is 1.07 bits per heavy atom. The number of rotatable bonds is 8. The number of thioether (sulfide) groups is 1. The fraction of sp³-hybridized carbons (Fsp3) is 0.381. The van der Waals surface area contributed by atoms with Gasteiger partial charge in [0.2, 0.25) is 0 Å². The highest BCUT2D eigenvalue weighted by Gasteiger charge is 2.20. The number of nitrogens with zero attached hydrogens (tertiary/aromatic N) is 3. The van der Waals surface area contributed by atoms with Gasteiger partial charge in [-0.2, -0.15) is 5.10 Å². The van der Waals surface area contributed by atoms with Crippen molar-refractivity contribution in [1.29, 1.82) is 0 Å². The lowest BCUT2D eigenvalue weighted by Crippen LogP contribution is -2.10. The van der Waals surface area contributed by atoms with E-state index in [9.17, 15) is 0 Å². The van der Waals surface area contributed by atoms with Gasteiger partial charge in [0.05, 0.1) is 19.9 Å². The maximum absolute atomic E-state index is 5.38. The second kappa shape index (κ2) is 9.36. The van der Waals surface area contributed by atoms with Gasteiger partial charge in [0.1, 0.15) is 17.3 Å². The number of H-pyrrole nitrogens is 1. The van der Waals surface area contributed by atoms with Crippen molar-refractivity contribution in [3.63, 3.8) is 0 Å². The Bertz CT molecular complexity index is 981. The van der Waals surface area contributed by atoms with Crippen molar-refractivity contribution in [2.75, 3.05) is 32.6 Å². The van der Waals surface area contributed by atoms with Crippen LogP contribution in [0.3, 0.4) is 0 Å². The van der Waals surface area contributed by atoms with E-state index in [1.165, 1.54) is 0 Å². The number of aromatic amines is 1. The molecule has 1 atom stereocenters. The molecule has 9 heteroatoms. The first-order valence-electron chi connectivity index (χ1n) is 9.86. The molecule has 4 rings (SSSR count). The molecule has 1 saturated heterocycles. The highest BCUT2D eigenvalue weighted by molar-refractivity contribution is 7.98. The van der Waals surface area contributed by atoms with Gasteiger partial charge < -0.3 is 20.1 Å². The molecular formula is C21H26N6O2S. The van der Waals surface area contributed by atoms with E-state index in [0.29, 0.717) is 11.7 Å². The second-order valence-electron chi connectivity index (χ2n) is 7.22. The highest BCUT2D eigenvalue weighted by Crippen LogP contribution is 2.30. The molecular weight excluding hydrogens is 400 g/mol. The third kappa shape index (κ3) is 5.03. The maximum Gasteiger partial charge on any atom is 0.190 e. The number of aromatic nitrogens is 4. The van der Waals surface area contributed by atoms with Gasteiger partial charge in [-0.25, -0.2) is 9.97 Å². The molecule has 3 heterocycles. The fourth-order valence-corrected chi connectivity index (χ4v) is 4.19. The van der Waals surface area contributed by atoms with Crippen LogP contribution in [0.25, 0.3) is 0 Å². The van der Waals surface area contributed by atoms with E-state index >= 15 is 0 Å². The van der Waals surface area contributed by atoms with Crippen LogP contribution in [0.5, 0.6) is 11.5 Å². The molecule has 30 heavy (non-hydrogen) atoms. The highest BCUT2D eigenvalue weighted by atomic mass is 32.2. The van der Waals surface area contributed by atoms with E-state index in [1.54, 1.807) is 26.0 Å². The summed E-state index contributed by atoms with van der Waals surface area (Å²) in [7, 11) is 3.31. The standard InChI is InChI=1S/C21H26N6O2S/c1-13-6-20(27-26-13)24-19-10-18(15-4-5-22-11-15)23-21(25-19)30-12-14-7-16(28-2)9-17(8-14)29-3/h6-10,15,22H,4-5,11-12H2,1-3H3,(H2,23,24,25,26,27). The molecule has 0 aliphatic carbocycles. The Balaban J connectivity index is 1.56. The molecule has 8 nitrogen and oxygen atoms in total. The lowest BCUT2D eigenvalue weighted by molar-refractivity contribution is 0.393. The molecule has 0 amide bonds.